The van der Waals surface area contributed by atoms with Gasteiger partial charge in [0.1, 0.15) is 0 Å². The summed E-state index contributed by atoms with van der Waals surface area (Å²) >= 11 is 1.99. The molecule has 76 valence electrons. The highest BCUT2D eigenvalue weighted by Gasteiger charge is 2.27. The molecule has 2 unspecified atom stereocenters. The van der Waals surface area contributed by atoms with Gasteiger partial charge in [0.05, 0.1) is 0 Å². The summed E-state index contributed by atoms with van der Waals surface area (Å²) in [6.07, 6.45) is 0. The monoisotopic (exact) mass is 207 g/mol. The molecule has 2 heteroatoms. The standard InChI is InChI=1S/C12H17NS/c1-8-4-3-5-10-11(9(2)6-13)7-14-12(8)10/h3-5,9,11H,6-7,13H2,1-2H3. The van der Waals surface area contributed by atoms with Crippen LogP contribution in [0.4, 0.5) is 0 Å². The molecular weight excluding hydrogens is 190 g/mol. The quantitative estimate of drug-likeness (QED) is 0.807. The molecule has 0 aromatic heterocycles. The van der Waals surface area contributed by atoms with Crippen LogP contribution < -0.4 is 5.73 Å². The van der Waals surface area contributed by atoms with Crippen LogP contribution in [0.25, 0.3) is 0 Å². The molecule has 2 N–H and O–H groups in total. The van der Waals surface area contributed by atoms with Gasteiger partial charge < -0.3 is 5.73 Å². The number of hydrogen-bond donors (Lipinski definition) is 1. The van der Waals surface area contributed by atoms with Crippen molar-refractivity contribution < 1.29 is 0 Å². The van der Waals surface area contributed by atoms with Crippen molar-refractivity contribution >= 4 is 11.8 Å². The third kappa shape index (κ3) is 1.57. The minimum atomic E-state index is 0.602. The summed E-state index contributed by atoms with van der Waals surface area (Å²) in [7, 11) is 0. The molecule has 0 saturated heterocycles. The fourth-order valence-corrected chi connectivity index (χ4v) is 3.60. The van der Waals surface area contributed by atoms with Gasteiger partial charge in [-0.3, -0.25) is 0 Å². The van der Waals surface area contributed by atoms with E-state index < -0.39 is 0 Å². The van der Waals surface area contributed by atoms with Gasteiger partial charge in [0.15, 0.2) is 0 Å². The summed E-state index contributed by atoms with van der Waals surface area (Å²) in [4.78, 5) is 1.50. The average molecular weight is 207 g/mol. The first-order valence-electron chi connectivity index (χ1n) is 5.16. The molecule has 0 spiro atoms. The maximum absolute atomic E-state index is 5.74. The van der Waals surface area contributed by atoms with E-state index in [1.54, 1.807) is 0 Å². The van der Waals surface area contributed by atoms with Crippen molar-refractivity contribution in [3.8, 4) is 0 Å². The highest BCUT2D eigenvalue weighted by atomic mass is 32.2. The molecule has 0 amide bonds. The Balaban J connectivity index is 2.35. The second-order valence-corrected chi connectivity index (χ2v) is 5.15. The molecule has 1 aromatic rings. The summed E-state index contributed by atoms with van der Waals surface area (Å²) in [5.74, 6) is 2.48. The van der Waals surface area contributed by atoms with Crippen LogP contribution in [0.1, 0.15) is 24.0 Å². The molecule has 2 atom stereocenters. The second-order valence-electron chi connectivity index (χ2n) is 4.12. The molecule has 1 nitrogen and oxygen atoms in total. The molecular formula is C12H17NS. The van der Waals surface area contributed by atoms with E-state index in [1.165, 1.54) is 21.8 Å². The normalized spacial score (nSPS) is 22.1. The lowest BCUT2D eigenvalue weighted by Crippen LogP contribution is -2.18. The molecule has 0 bridgehead atoms. The van der Waals surface area contributed by atoms with Crippen LogP contribution >= 0.6 is 11.8 Å². The van der Waals surface area contributed by atoms with E-state index in [4.69, 9.17) is 5.73 Å². The predicted molar refractivity (Wildman–Crippen MR) is 62.9 cm³/mol. The minimum absolute atomic E-state index is 0.602. The third-order valence-electron chi connectivity index (χ3n) is 3.11. The van der Waals surface area contributed by atoms with E-state index in [-0.39, 0.29) is 0 Å². The van der Waals surface area contributed by atoms with Gasteiger partial charge in [-0.2, -0.15) is 0 Å². The number of hydrogen-bond acceptors (Lipinski definition) is 2. The SMILES string of the molecule is Cc1cccc2c1SCC2C(C)CN. The summed E-state index contributed by atoms with van der Waals surface area (Å²) in [5.41, 5.74) is 8.67. The van der Waals surface area contributed by atoms with E-state index in [1.807, 2.05) is 11.8 Å². The Bertz CT molecular complexity index is 335. The number of nitrogens with two attached hydrogens (primary N) is 1. The van der Waals surface area contributed by atoms with Crippen LogP contribution in [-0.2, 0) is 0 Å². The van der Waals surface area contributed by atoms with E-state index in [0.717, 1.165) is 6.54 Å². The number of rotatable bonds is 2. The summed E-state index contributed by atoms with van der Waals surface area (Å²) in [6.45, 7) is 5.24. The molecule has 1 heterocycles. The Morgan fingerprint density at radius 3 is 3.07 bits per heavy atom. The van der Waals surface area contributed by atoms with Gasteiger partial charge in [0.2, 0.25) is 0 Å². The lowest BCUT2D eigenvalue weighted by Gasteiger charge is -2.17. The first-order valence-corrected chi connectivity index (χ1v) is 6.15. The molecule has 1 aliphatic heterocycles. The molecule has 0 aliphatic carbocycles. The van der Waals surface area contributed by atoms with Crippen molar-refractivity contribution in [1.82, 2.24) is 0 Å². The van der Waals surface area contributed by atoms with Crippen molar-refractivity contribution in [3.05, 3.63) is 29.3 Å². The van der Waals surface area contributed by atoms with E-state index in [9.17, 15) is 0 Å². The number of thioether (sulfide) groups is 1. The lowest BCUT2D eigenvalue weighted by atomic mass is 9.88. The van der Waals surface area contributed by atoms with Crippen LogP contribution in [-0.4, -0.2) is 12.3 Å². The highest BCUT2D eigenvalue weighted by molar-refractivity contribution is 7.99. The molecule has 1 aliphatic rings. The van der Waals surface area contributed by atoms with Gasteiger partial charge in [-0.1, -0.05) is 25.1 Å². The van der Waals surface area contributed by atoms with Gasteiger partial charge in [0, 0.05) is 10.6 Å². The van der Waals surface area contributed by atoms with E-state index >= 15 is 0 Å². The Morgan fingerprint density at radius 2 is 2.36 bits per heavy atom. The maximum Gasteiger partial charge on any atom is 0.0137 e. The largest absolute Gasteiger partial charge is 0.330 e. The van der Waals surface area contributed by atoms with Crippen molar-refractivity contribution in [1.29, 1.82) is 0 Å². The average Bonchev–Trinajstić information content (AvgIpc) is 2.62. The van der Waals surface area contributed by atoms with Gasteiger partial charge in [-0.15, -0.1) is 11.8 Å². The van der Waals surface area contributed by atoms with Crippen LogP contribution in [0.15, 0.2) is 23.1 Å². The molecule has 2 rings (SSSR count). The highest BCUT2D eigenvalue weighted by Crippen LogP contribution is 2.44. The van der Waals surface area contributed by atoms with Crippen molar-refractivity contribution in [2.45, 2.75) is 24.7 Å². The molecule has 14 heavy (non-hydrogen) atoms. The van der Waals surface area contributed by atoms with Crippen LogP contribution in [0.3, 0.4) is 0 Å². The van der Waals surface area contributed by atoms with Gasteiger partial charge in [0.25, 0.3) is 0 Å². The number of aryl methyl sites for hydroxylation is 1. The Hall–Kier alpha value is -0.470. The van der Waals surface area contributed by atoms with Crippen molar-refractivity contribution in [2.24, 2.45) is 11.7 Å². The van der Waals surface area contributed by atoms with E-state index in [2.05, 4.69) is 32.0 Å². The zero-order valence-electron chi connectivity index (χ0n) is 8.79. The molecule has 1 aromatic carbocycles. The van der Waals surface area contributed by atoms with Crippen LogP contribution in [0.2, 0.25) is 0 Å². The molecule has 0 saturated carbocycles. The third-order valence-corrected chi connectivity index (χ3v) is 4.48. The topological polar surface area (TPSA) is 26.0 Å². The van der Waals surface area contributed by atoms with Gasteiger partial charge >= 0.3 is 0 Å². The van der Waals surface area contributed by atoms with Crippen LogP contribution in [0, 0.1) is 12.8 Å². The minimum Gasteiger partial charge on any atom is -0.330 e. The van der Waals surface area contributed by atoms with Crippen molar-refractivity contribution in [2.75, 3.05) is 12.3 Å². The molecule has 0 fully saturated rings. The summed E-state index contributed by atoms with van der Waals surface area (Å²) in [5, 5.41) is 0. The number of benzene rings is 1. The smallest absolute Gasteiger partial charge is 0.0137 e. The summed E-state index contributed by atoms with van der Waals surface area (Å²) < 4.78 is 0. The lowest BCUT2D eigenvalue weighted by molar-refractivity contribution is 0.506. The van der Waals surface area contributed by atoms with E-state index in [0.29, 0.717) is 11.8 Å². The summed E-state index contributed by atoms with van der Waals surface area (Å²) in [6, 6.07) is 6.62. The molecule has 0 radical (unpaired) electrons. The zero-order valence-corrected chi connectivity index (χ0v) is 9.60. The predicted octanol–water partition coefficient (Wildman–Crippen LogP) is 2.78. The Kier molecular flexibility index (Phi) is 2.84. The van der Waals surface area contributed by atoms with Gasteiger partial charge in [-0.25, -0.2) is 0 Å². The fourth-order valence-electron chi connectivity index (χ4n) is 2.06. The fraction of sp³-hybridized carbons (Fsp3) is 0.500. The van der Waals surface area contributed by atoms with Crippen molar-refractivity contribution in [3.63, 3.8) is 0 Å². The van der Waals surface area contributed by atoms with Gasteiger partial charge in [-0.05, 0) is 36.4 Å². The number of fused-ring (bicyclic) bond motifs is 1. The van der Waals surface area contributed by atoms with Crippen LogP contribution in [0.5, 0.6) is 0 Å². The second kappa shape index (κ2) is 3.95. The Labute approximate surface area is 90.1 Å². The zero-order chi connectivity index (χ0) is 10.1. The first-order chi connectivity index (χ1) is 6.74. The Morgan fingerprint density at radius 1 is 1.57 bits per heavy atom. The maximum atomic E-state index is 5.74. The first kappa shape index (κ1) is 10.1.